The van der Waals surface area contributed by atoms with E-state index in [1.54, 1.807) is 0 Å². The molecule has 0 amide bonds. The number of carboxylic acid groups (broad SMARTS) is 2. The molecule has 0 aromatic rings. The van der Waals surface area contributed by atoms with Gasteiger partial charge in [-0.25, -0.2) is 4.79 Å². The van der Waals surface area contributed by atoms with E-state index in [0.717, 1.165) is 0 Å². The van der Waals surface area contributed by atoms with Crippen LogP contribution in [0.1, 0.15) is 21.3 Å². The van der Waals surface area contributed by atoms with Gasteiger partial charge in [-0.15, -0.1) is 0 Å². The van der Waals surface area contributed by atoms with Crippen molar-refractivity contribution in [2.75, 3.05) is 13.2 Å². The Kier molecular flexibility index (Phi) is 13.2. The van der Waals surface area contributed by atoms with Crippen LogP contribution in [0.15, 0.2) is 0 Å². The number of carbonyl (C=O) groups is 2. The fraction of sp³-hybridized carbons (Fsp3) is 0.750. The summed E-state index contributed by atoms with van der Waals surface area (Å²) in [5, 5.41) is 24.9. The normalized spacial score (nSPS) is 10.6. The van der Waals surface area contributed by atoms with Crippen LogP contribution in [-0.4, -0.2) is 46.6 Å². The lowest BCUT2D eigenvalue weighted by Crippen LogP contribution is -2.27. The Hall–Kier alpha value is -1.14. The maximum Gasteiger partial charge on any atom is 0.333 e. The third-order valence-corrected chi connectivity index (χ3v) is 1.05. The van der Waals surface area contributed by atoms with Crippen LogP contribution in [0.4, 0.5) is 0 Å². The summed E-state index contributed by atoms with van der Waals surface area (Å²) in [6.07, 6.45) is -1.98. The molecule has 0 aromatic carbocycles. The summed E-state index contributed by atoms with van der Waals surface area (Å²) in [5.74, 6) is -2.59. The average molecular weight is 210 g/mol. The van der Waals surface area contributed by atoms with Crippen molar-refractivity contribution in [3.63, 3.8) is 0 Å². The minimum atomic E-state index is -1.38. The average Bonchev–Trinajstić information content (AvgIpc) is 1.96. The summed E-state index contributed by atoms with van der Waals surface area (Å²) in [4.78, 5) is 20.3. The first kappa shape index (κ1) is 18.6. The van der Waals surface area contributed by atoms with Crippen LogP contribution in [0.25, 0.3) is 0 Å². The van der Waals surface area contributed by atoms with Gasteiger partial charge in [-0.3, -0.25) is 4.79 Å². The first-order valence-electron chi connectivity index (χ1n) is 3.25. The highest BCUT2D eigenvalue weighted by Crippen LogP contribution is 1.98. The molecule has 0 saturated carbocycles. The summed E-state index contributed by atoms with van der Waals surface area (Å²) in [6, 6.07) is 0. The van der Waals surface area contributed by atoms with Crippen molar-refractivity contribution in [3.8, 4) is 0 Å². The van der Waals surface area contributed by atoms with E-state index in [1.165, 1.54) is 0 Å². The zero-order valence-corrected chi connectivity index (χ0v) is 6.27. The van der Waals surface area contributed by atoms with Crippen LogP contribution in [0.5, 0.6) is 0 Å². The highest BCUT2D eigenvalue weighted by Gasteiger charge is 2.20. The molecule has 6 nitrogen and oxygen atoms in total. The van der Waals surface area contributed by atoms with E-state index in [-0.39, 0.29) is 28.1 Å². The maximum absolute atomic E-state index is 10.3. The topological polar surface area (TPSA) is 104 Å². The molecule has 0 aliphatic rings. The Labute approximate surface area is 83.1 Å². The number of rotatable bonds is 6. The number of carboxylic acids is 2. The van der Waals surface area contributed by atoms with Crippen LogP contribution in [0, 0.1) is 0 Å². The molecule has 6 heteroatoms. The highest BCUT2D eigenvalue weighted by molar-refractivity contribution is 5.79. The third kappa shape index (κ3) is 8.95. The third-order valence-electron chi connectivity index (χ3n) is 1.05. The fourth-order valence-corrected chi connectivity index (χ4v) is 0.571. The summed E-state index contributed by atoms with van der Waals surface area (Å²) in [7, 11) is 0. The predicted octanol–water partition coefficient (Wildman–Crippen LogP) is 0.195. The second-order valence-electron chi connectivity index (χ2n) is 2.02. The molecule has 3 N–H and O–H groups in total. The lowest BCUT2D eigenvalue weighted by Gasteiger charge is -2.09. The quantitative estimate of drug-likeness (QED) is 0.578. The first-order valence-corrected chi connectivity index (χ1v) is 3.25. The molecular weight excluding hydrogens is 192 g/mol. The molecule has 1 atom stereocenters. The first-order chi connectivity index (χ1) is 5.57. The van der Waals surface area contributed by atoms with Crippen LogP contribution in [0.2, 0.25) is 0 Å². The van der Waals surface area contributed by atoms with Crippen LogP contribution in [0.3, 0.4) is 0 Å². The van der Waals surface area contributed by atoms with Crippen molar-refractivity contribution in [2.45, 2.75) is 27.4 Å². The van der Waals surface area contributed by atoms with E-state index in [2.05, 4.69) is 4.74 Å². The van der Waals surface area contributed by atoms with Gasteiger partial charge < -0.3 is 20.1 Å². The molecule has 0 spiro atoms. The zero-order chi connectivity index (χ0) is 9.56. The Morgan fingerprint density at radius 3 is 2.00 bits per heavy atom. The SMILES string of the molecule is C.C.O=C(O)CC(OCCO)C(=O)O. The number of ether oxygens (including phenoxy) is 1. The van der Waals surface area contributed by atoms with Gasteiger partial charge in [0.05, 0.1) is 19.6 Å². The standard InChI is InChI=1S/C6H10O6.2CH4/c7-1-2-12-4(6(10)11)3-5(8)9;;/h4,7H,1-3H2,(H,8,9)(H,10,11);2*1H4. The number of aliphatic hydroxyl groups excluding tert-OH is 1. The smallest absolute Gasteiger partial charge is 0.333 e. The van der Waals surface area contributed by atoms with Crippen molar-refractivity contribution in [3.05, 3.63) is 0 Å². The number of aliphatic carboxylic acids is 2. The van der Waals surface area contributed by atoms with E-state index in [1.807, 2.05) is 0 Å². The Bertz CT molecular complexity index is 167. The van der Waals surface area contributed by atoms with Gasteiger partial charge in [-0.2, -0.15) is 0 Å². The van der Waals surface area contributed by atoms with Crippen molar-refractivity contribution >= 4 is 11.9 Å². The molecule has 14 heavy (non-hydrogen) atoms. The lowest BCUT2D eigenvalue weighted by atomic mass is 10.2. The second-order valence-corrected chi connectivity index (χ2v) is 2.02. The van der Waals surface area contributed by atoms with Crippen molar-refractivity contribution in [2.24, 2.45) is 0 Å². The second kappa shape index (κ2) is 9.94. The van der Waals surface area contributed by atoms with E-state index in [9.17, 15) is 9.59 Å². The largest absolute Gasteiger partial charge is 0.481 e. The molecule has 0 aliphatic carbocycles. The van der Waals surface area contributed by atoms with E-state index in [0.29, 0.717) is 0 Å². The van der Waals surface area contributed by atoms with Crippen molar-refractivity contribution in [1.82, 2.24) is 0 Å². The predicted molar refractivity (Wildman–Crippen MR) is 50.2 cm³/mol. The minimum Gasteiger partial charge on any atom is -0.481 e. The van der Waals surface area contributed by atoms with Gasteiger partial charge >= 0.3 is 11.9 Å². The Balaban J connectivity index is -0.000000605. The summed E-state index contributed by atoms with van der Waals surface area (Å²) < 4.78 is 4.53. The molecule has 0 aliphatic heterocycles. The molecule has 86 valence electrons. The zero-order valence-electron chi connectivity index (χ0n) is 6.27. The molecule has 0 bridgehead atoms. The molecule has 1 unspecified atom stereocenters. The van der Waals surface area contributed by atoms with Gasteiger partial charge in [0.25, 0.3) is 0 Å². The summed E-state index contributed by atoms with van der Waals surface area (Å²) >= 11 is 0. The highest BCUT2D eigenvalue weighted by atomic mass is 16.5. The van der Waals surface area contributed by atoms with Crippen LogP contribution in [-0.2, 0) is 14.3 Å². The van der Waals surface area contributed by atoms with Gasteiger partial charge in [-0.05, 0) is 0 Å². The van der Waals surface area contributed by atoms with E-state index >= 15 is 0 Å². The molecule has 0 aromatic heterocycles. The van der Waals surface area contributed by atoms with Crippen LogP contribution < -0.4 is 0 Å². The molecule has 0 fully saturated rings. The van der Waals surface area contributed by atoms with Crippen molar-refractivity contribution < 1.29 is 29.6 Å². The molecule has 0 saturated heterocycles. The Morgan fingerprint density at radius 1 is 1.21 bits per heavy atom. The van der Waals surface area contributed by atoms with E-state index in [4.69, 9.17) is 15.3 Å². The van der Waals surface area contributed by atoms with Gasteiger partial charge in [0.15, 0.2) is 6.10 Å². The van der Waals surface area contributed by atoms with Crippen LogP contribution >= 0.6 is 0 Å². The number of hydrogen-bond acceptors (Lipinski definition) is 4. The molecule has 0 rings (SSSR count). The molecule has 0 heterocycles. The van der Waals surface area contributed by atoms with Gasteiger partial charge in [0.1, 0.15) is 0 Å². The lowest BCUT2D eigenvalue weighted by molar-refractivity contribution is -0.157. The fourth-order valence-electron chi connectivity index (χ4n) is 0.571. The van der Waals surface area contributed by atoms with Gasteiger partial charge in [0, 0.05) is 0 Å². The minimum absolute atomic E-state index is 0. The van der Waals surface area contributed by atoms with Crippen molar-refractivity contribution in [1.29, 1.82) is 0 Å². The number of aliphatic hydroxyl groups is 1. The van der Waals surface area contributed by atoms with E-state index < -0.39 is 24.5 Å². The summed E-state index contributed by atoms with van der Waals surface area (Å²) in [6.45, 7) is -0.506. The maximum atomic E-state index is 10.3. The molecule has 0 radical (unpaired) electrons. The monoisotopic (exact) mass is 210 g/mol. The molecular formula is C8H18O6. The summed E-state index contributed by atoms with van der Waals surface area (Å²) in [5.41, 5.74) is 0. The van der Waals surface area contributed by atoms with Gasteiger partial charge in [0.2, 0.25) is 0 Å². The number of hydrogen-bond donors (Lipinski definition) is 3. The Morgan fingerprint density at radius 2 is 1.71 bits per heavy atom. The van der Waals surface area contributed by atoms with Gasteiger partial charge in [-0.1, -0.05) is 14.9 Å².